The normalized spacial score (nSPS) is 15.2. The Balaban J connectivity index is 0. The van der Waals surface area contributed by atoms with Crippen LogP contribution in [0.5, 0.6) is 0 Å². The summed E-state index contributed by atoms with van der Waals surface area (Å²) in [4.78, 5) is 0. The predicted octanol–water partition coefficient (Wildman–Crippen LogP) is 1.92. The first-order valence-corrected chi connectivity index (χ1v) is 4.61. The van der Waals surface area contributed by atoms with Gasteiger partial charge in [-0.2, -0.15) is 43.5 Å². The summed E-state index contributed by atoms with van der Waals surface area (Å²) in [5.74, 6) is 0. The Morgan fingerprint density at radius 2 is 0.944 bits per heavy atom. The Hall–Kier alpha value is 0.916. The molecule has 0 aromatic carbocycles. The van der Waals surface area contributed by atoms with Crippen LogP contribution in [-0.4, -0.2) is 87.6 Å². The summed E-state index contributed by atoms with van der Waals surface area (Å²) in [5.41, 5.74) is -7.42. The van der Waals surface area contributed by atoms with E-state index in [-0.39, 0.29) is 51.4 Å². The van der Waals surface area contributed by atoms with Crippen molar-refractivity contribution in [2.24, 2.45) is 0 Å². The molecule has 0 atom stereocenters. The molecule has 0 aliphatic heterocycles. The summed E-state index contributed by atoms with van der Waals surface area (Å²) < 4.78 is 134. The maximum absolute atomic E-state index is 12.5. The molecule has 1 radical (unpaired) electrons. The topological polar surface area (TPSA) is 54.4 Å². The zero-order chi connectivity index (χ0) is 14.5. The van der Waals surface area contributed by atoms with Crippen molar-refractivity contribution in [3.63, 3.8) is 0 Å². The minimum atomic E-state index is -7.42. The Labute approximate surface area is 136 Å². The number of hydrogen-bond acceptors (Lipinski definition) is 2. The fraction of sp³-hybridized carbons (Fsp3) is 1.00. The van der Waals surface area contributed by atoms with Crippen LogP contribution in [0.3, 0.4) is 0 Å². The smallest absolute Gasteiger partial charge is 0.281 e. The van der Waals surface area contributed by atoms with E-state index in [2.05, 4.69) is 0 Å². The second-order valence-electron chi connectivity index (χ2n) is 2.65. The van der Waals surface area contributed by atoms with Crippen molar-refractivity contribution in [2.45, 2.75) is 23.3 Å². The predicted molar refractivity (Wildman–Crippen MR) is 38.2 cm³/mol. The molecular formula is C4HF9KO3S. The fourth-order valence-electron chi connectivity index (χ4n) is 0.668. The Kier molecular flexibility index (Phi) is 6.32. The average molecular weight is 339 g/mol. The molecule has 0 spiro atoms. The molecule has 0 aliphatic carbocycles. The largest absolute Gasteiger partial charge is 0.439 e. The van der Waals surface area contributed by atoms with Crippen LogP contribution in [0.2, 0.25) is 0 Å². The van der Waals surface area contributed by atoms with Gasteiger partial charge in [-0.3, -0.25) is 4.55 Å². The monoisotopic (exact) mass is 339 g/mol. The molecule has 0 rings (SSSR count). The molecule has 0 saturated heterocycles. The molecule has 105 valence electrons. The van der Waals surface area contributed by atoms with E-state index < -0.39 is 33.4 Å². The van der Waals surface area contributed by atoms with Gasteiger partial charge in [-0.25, -0.2) is 4.39 Å². The molecule has 14 heteroatoms. The molecule has 0 aliphatic rings. The van der Waals surface area contributed by atoms with Gasteiger partial charge in [-0.05, 0) is 0 Å². The third-order valence-corrected chi connectivity index (χ3v) is 2.44. The molecule has 0 unspecified atom stereocenters. The minimum absolute atomic E-state index is 0. The molecule has 0 aromatic heterocycles. The van der Waals surface area contributed by atoms with Crippen molar-refractivity contribution < 1.29 is 52.5 Å². The third-order valence-electron chi connectivity index (χ3n) is 1.51. The summed E-state index contributed by atoms with van der Waals surface area (Å²) in [6.45, 7) is 0. The van der Waals surface area contributed by atoms with Gasteiger partial charge in [0.25, 0.3) is 0 Å². The van der Waals surface area contributed by atoms with Crippen molar-refractivity contribution in [1.29, 1.82) is 0 Å². The Morgan fingerprint density at radius 1 is 0.722 bits per heavy atom. The standard InChI is InChI=1S/C4HF9O3S.K/c5-1(2(6,7)8,3(9,10)11)4(12,13)17(14,15)16;/h(H,14,15,16);. The first kappa shape index (κ1) is 21.2. The molecule has 0 aromatic rings. The molecule has 1 N–H and O–H groups in total. The van der Waals surface area contributed by atoms with Crippen molar-refractivity contribution in [1.82, 2.24) is 0 Å². The first-order chi connectivity index (χ1) is 7.00. The van der Waals surface area contributed by atoms with Gasteiger partial charge in [-0.1, -0.05) is 0 Å². The fourth-order valence-corrected chi connectivity index (χ4v) is 1.26. The summed E-state index contributed by atoms with van der Waals surface area (Å²) in [7, 11) is -7.27. The zero-order valence-corrected chi connectivity index (χ0v) is 12.0. The van der Waals surface area contributed by atoms with Crippen molar-refractivity contribution in [2.75, 3.05) is 0 Å². The van der Waals surface area contributed by atoms with Gasteiger partial charge in [0.15, 0.2) is 0 Å². The van der Waals surface area contributed by atoms with Gasteiger partial charge in [0.05, 0.1) is 0 Å². The van der Waals surface area contributed by atoms with Crippen LogP contribution in [0.1, 0.15) is 0 Å². The van der Waals surface area contributed by atoms with E-state index >= 15 is 0 Å². The molecule has 18 heavy (non-hydrogen) atoms. The molecule has 3 nitrogen and oxygen atoms in total. The quantitative estimate of drug-likeness (QED) is 0.475. The van der Waals surface area contributed by atoms with E-state index in [0.717, 1.165) is 0 Å². The SMILES string of the molecule is O=S(=O)(O)C(F)(F)C(F)(C(F)(F)F)C(F)(F)F.[K]. The maximum atomic E-state index is 12.5. The van der Waals surface area contributed by atoms with E-state index in [4.69, 9.17) is 4.55 Å². The second-order valence-corrected chi connectivity index (χ2v) is 4.11. The molecule has 0 saturated carbocycles. The van der Waals surface area contributed by atoms with Gasteiger partial charge in [0.1, 0.15) is 0 Å². The van der Waals surface area contributed by atoms with Gasteiger partial charge in [-0.15, -0.1) is 0 Å². The van der Waals surface area contributed by atoms with E-state index in [1.807, 2.05) is 0 Å². The second kappa shape index (κ2) is 5.36. The van der Waals surface area contributed by atoms with Crippen LogP contribution in [0, 0.1) is 0 Å². The Morgan fingerprint density at radius 3 is 1.00 bits per heavy atom. The molecular weight excluding hydrogens is 338 g/mol. The van der Waals surface area contributed by atoms with E-state index in [9.17, 15) is 47.9 Å². The number of halogens is 9. The average Bonchev–Trinajstić information content (AvgIpc) is 1.95. The molecule has 0 heterocycles. The number of alkyl halides is 9. The van der Waals surface area contributed by atoms with E-state index in [1.165, 1.54) is 0 Å². The third kappa shape index (κ3) is 3.14. The molecule has 0 fully saturated rings. The van der Waals surface area contributed by atoms with Crippen molar-refractivity contribution in [3.8, 4) is 0 Å². The van der Waals surface area contributed by atoms with Gasteiger partial charge < -0.3 is 0 Å². The van der Waals surface area contributed by atoms with Crippen LogP contribution in [-0.2, 0) is 10.1 Å². The summed E-state index contributed by atoms with van der Waals surface area (Å²) >= 11 is 0. The van der Waals surface area contributed by atoms with Crippen LogP contribution >= 0.6 is 0 Å². The van der Waals surface area contributed by atoms with Crippen LogP contribution in [0.25, 0.3) is 0 Å². The Bertz CT molecular complexity index is 381. The van der Waals surface area contributed by atoms with Gasteiger partial charge >= 0.3 is 33.4 Å². The summed E-state index contributed by atoms with van der Waals surface area (Å²) in [6, 6.07) is 0. The van der Waals surface area contributed by atoms with Gasteiger partial charge in [0.2, 0.25) is 0 Å². The first-order valence-electron chi connectivity index (χ1n) is 3.17. The van der Waals surface area contributed by atoms with E-state index in [0.29, 0.717) is 0 Å². The van der Waals surface area contributed by atoms with Crippen LogP contribution < -0.4 is 0 Å². The minimum Gasteiger partial charge on any atom is -0.281 e. The van der Waals surface area contributed by atoms with Gasteiger partial charge in [0, 0.05) is 51.4 Å². The molecule has 0 amide bonds. The molecule has 0 bridgehead atoms. The number of rotatable bonds is 2. The zero-order valence-electron chi connectivity index (χ0n) is 8.07. The van der Waals surface area contributed by atoms with Crippen LogP contribution in [0.15, 0.2) is 0 Å². The van der Waals surface area contributed by atoms with Crippen molar-refractivity contribution in [3.05, 3.63) is 0 Å². The maximum Gasteiger partial charge on any atom is 0.439 e. The van der Waals surface area contributed by atoms with E-state index in [1.54, 1.807) is 0 Å². The summed E-state index contributed by atoms with van der Waals surface area (Å²) in [6.07, 6.45) is -14.6. The van der Waals surface area contributed by atoms with Crippen molar-refractivity contribution >= 4 is 61.5 Å². The van der Waals surface area contributed by atoms with Crippen LogP contribution in [0.4, 0.5) is 39.5 Å². The number of hydrogen-bond donors (Lipinski definition) is 1. The summed E-state index contributed by atoms with van der Waals surface area (Å²) in [5, 5.41) is -7.13.